The van der Waals surface area contributed by atoms with Gasteiger partial charge in [0.2, 0.25) is 11.8 Å². The van der Waals surface area contributed by atoms with Gasteiger partial charge in [0.1, 0.15) is 11.5 Å². The van der Waals surface area contributed by atoms with Crippen molar-refractivity contribution in [3.8, 4) is 11.5 Å². The van der Waals surface area contributed by atoms with Crippen LogP contribution in [0, 0.1) is 0 Å². The number of rotatable bonds is 30. The lowest BCUT2D eigenvalue weighted by Gasteiger charge is -2.14. The van der Waals surface area contributed by atoms with Crippen LogP contribution in [-0.4, -0.2) is 36.6 Å². The molecule has 0 atom stereocenters. The molecule has 0 spiro atoms. The lowest BCUT2D eigenvalue weighted by molar-refractivity contribution is 0.0970. The van der Waals surface area contributed by atoms with Gasteiger partial charge >= 0.3 is 0 Å². The van der Waals surface area contributed by atoms with Gasteiger partial charge in [-0.05, 0) is 94.8 Å². The number of nitrogens with zero attached hydrogens (tertiary/aromatic N) is 6. The molecular formula is C46H60N6O6. The van der Waals surface area contributed by atoms with Crippen molar-refractivity contribution in [3.63, 3.8) is 0 Å². The lowest BCUT2D eigenvalue weighted by Crippen LogP contribution is -2.16. The number of amides is 2. The molecule has 0 saturated carbocycles. The van der Waals surface area contributed by atoms with Crippen LogP contribution in [0.1, 0.15) is 195 Å². The van der Waals surface area contributed by atoms with E-state index in [0.29, 0.717) is 24.7 Å². The first-order valence-corrected chi connectivity index (χ1v) is 21.3. The molecule has 0 heterocycles. The highest BCUT2D eigenvalue weighted by molar-refractivity contribution is 6.21. The SMILES string of the molecule is CCCCCCCCCCCCOc1ccc(C(=O)c2cc(C(=O)N=[N+]=[N-])c(C(=O)c3ccc(OCCCCCCCCCCCC)cc3)cc2C(=O)N=[N+]=[N-])cc1. The van der Waals surface area contributed by atoms with Crippen LogP contribution in [0.5, 0.6) is 11.5 Å². The Hall–Kier alpha value is -5.44. The van der Waals surface area contributed by atoms with E-state index in [-0.39, 0.29) is 33.4 Å². The van der Waals surface area contributed by atoms with E-state index in [9.17, 15) is 19.2 Å². The molecule has 310 valence electrons. The summed E-state index contributed by atoms with van der Waals surface area (Å²) in [6, 6.07) is 14.7. The van der Waals surface area contributed by atoms with Gasteiger partial charge in [0.25, 0.3) is 0 Å². The molecule has 12 nitrogen and oxygen atoms in total. The summed E-state index contributed by atoms with van der Waals surface area (Å²) in [6.07, 6.45) is 24.2. The van der Waals surface area contributed by atoms with Gasteiger partial charge in [-0.15, -0.1) is 0 Å². The highest BCUT2D eigenvalue weighted by Gasteiger charge is 2.26. The maximum Gasteiger partial charge on any atom is 0.249 e. The van der Waals surface area contributed by atoms with E-state index >= 15 is 0 Å². The van der Waals surface area contributed by atoms with E-state index in [1.54, 1.807) is 24.3 Å². The van der Waals surface area contributed by atoms with E-state index in [1.807, 2.05) is 0 Å². The number of ketones is 2. The van der Waals surface area contributed by atoms with Crippen molar-refractivity contribution >= 4 is 23.4 Å². The molecule has 3 aromatic rings. The normalized spacial score (nSPS) is 10.7. The number of hydrogen-bond acceptors (Lipinski definition) is 6. The molecule has 2 amide bonds. The molecule has 0 aromatic heterocycles. The zero-order chi connectivity index (χ0) is 41.8. The van der Waals surface area contributed by atoms with Crippen molar-refractivity contribution in [2.75, 3.05) is 13.2 Å². The summed E-state index contributed by atoms with van der Waals surface area (Å²) in [5.41, 5.74) is 17.0. The topological polar surface area (TPSA) is 184 Å². The van der Waals surface area contributed by atoms with Crippen LogP contribution in [0.15, 0.2) is 70.9 Å². The average molecular weight is 793 g/mol. The predicted octanol–water partition coefficient (Wildman–Crippen LogP) is 13.6. The molecular weight excluding hydrogens is 733 g/mol. The fourth-order valence-corrected chi connectivity index (χ4v) is 6.79. The van der Waals surface area contributed by atoms with Crippen molar-refractivity contribution in [2.24, 2.45) is 10.2 Å². The quantitative estimate of drug-likeness (QED) is 0.0212. The van der Waals surface area contributed by atoms with Gasteiger partial charge in [0.05, 0.1) is 13.2 Å². The number of azide groups is 2. The maximum atomic E-state index is 13.8. The van der Waals surface area contributed by atoms with Gasteiger partial charge in [-0.2, -0.15) is 0 Å². The summed E-state index contributed by atoms with van der Waals surface area (Å²) in [5.74, 6) is -2.50. The van der Waals surface area contributed by atoms with Gasteiger partial charge in [-0.1, -0.05) is 129 Å². The molecule has 0 N–H and O–H groups in total. The standard InChI is InChI=1S/C46H60N6O6/c1-3-5-7-9-11-13-15-17-19-21-31-57-37-27-23-35(24-28-37)43(53)39-33-42(46(56)50-52-48)40(34-41(39)45(55)49-51-47)44(54)36-25-29-38(30-26-36)58-32-22-20-18-16-14-12-10-8-6-4-2/h23-30,33-34H,3-22,31-32H2,1-2H3. The van der Waals surface area contributed by atoms with Gasteiger partial charge in [0, 0.05) is 43.2 Å². The van der Waals surface area contributed by atoms with Gasteiger partial charge < -0.3 is 9.47 Å². The molecule has 0 unspecified atom stereocenters. The molecule has 0 fully saturated rings. The van der Waals surface area contributed by atoms with Crippen LogP contribution in [0.3, 0.4) is 0 Å². The Morgan fingerprint density at radius 1 is 0.448 bits per heavy atom. The number of carbonyl (C=O) groups is 4. The highest BCUT2D eigenvalue weighted by atomic mass is 16.5. The summed E-state index contributed by atoms with van der Waals surface area (Å²) in [4.78, 5) is 59.0. The first kappa shape index (κ1) is 46.9. The fraction of sp³-hybridized carbons (Fsp3) is 0.522. The zero-order valence-electron chi connectivity index (χ0n) is 34.5. The Morgan fingerprint density at radius 3 is 1.03 bits per heavy atom. The summed E-state index contributed by atoms with van der Waals surface area (Å²) in [5, 5.41) is 6.33. The smallest absolute Gasteiger partial charge is 0.249 e. The second-order valence-electron chi connectivity index (χ2n) is 14.7. The number of unbranched alkanes of at least 4 members (excludes halogenated alkanes) is 18. The maximum absolute atomic E-state index is 13.8. The Bertz CT molecular complexity index is 1710. The Morgan fingerprint density at radius 2 is 0.741 bits per heavy atom. The van der Waals surface area contributed by atoms with E-state index in [1.165, 1.54) is 114 Å². The minimum absolute atomic E-state index is 0.149. The zero-order valence-corrected chi connectivity index (χ0v) is 34.5. The second kappa shape index (κ2) is 28.0. The van der Waals surface area contributed by atoms with Gasteiger partial charge in [-0.3, -0.25) is 19.2 Å². The second-order valence-corrected chi connectivity index (χ2v) is 14.7. The van der Waals surface area contributed by atoms with E-state index in [2.05, 4.69) is 33.9 Å². The molecule has 0 bridgehead atoms. The largest absolute Gasteiger partial charge is 0.494 e. The number of carbonyl (C=O) groups excluding carboxylic acids is 4. The molecule has 0 radical (unpaired) electrons. The third kappa shape index (κ3) is 16.6. The third-order valence-corrected chi connectivity index (χ3v) is 10.1. The monoisotopic (exact) mass is 792 g/mol. The van der Waals surface area contributed by atoms with Crippen molar-refractivity contribution in [2.45, 2.75) is 142 Å². The molecule has 0 aliphatic rings. The first-order valence-electron chi connectivity index (χ1n) is 21.3. The van der Waals surface area contributed by atoms with E-state index < -0.39 is 23.4 Å². The highest BCUT2D eigenvalue weighted by Crippen LogP contribution is 2.27. The molecule has 0 aliphatic carbocycles. The van der Waals surface area contributed by atoms with Gasteiger partial charge in [0.15, 0.2) is 11.6 Å². The molecule has 58 heavy (non-hydrogen) atoms. The molecule has 0 aliphatic heterocycles. The van der Waals surface area contributed by atoms with Crippen LogP contribution < -0.4 is 9.47 Å². The van der Waals surface area contributed by atoms with Crippen LogP contribution in [-0.2, 0) is 0 Å². The Labute approximate surface area is 343 Å². The average Bonchev–Trinajstić information content (AvgIpc) is 3.24. The molecule has 3 rings (SSSR count). The summed E-state index contributed by atoms with van der Waals surface area (Å²) >= 11 is 0. The van der Waals surface area contributed by atoms with Crippen molar-refractivity contribution < 1.29 is 28.7 Å². The lowest BCUT2D eigenvalue weighted by atomic mass is 9.89. The number of ether oxygens (including phenoxy) is 2. The number of benzene rings is 3. The van der Waals surface area contributed by atoms with Crippen LogP contribution in [0.2, 0.25) is 0 Å². The third-order valence-electron chi connectivity index (χ3n) is 10.1. The summed E-state index contributed by atoms with van der Waals surface area (Å²) in [7, 11) is 0. The summed E-state index contributed by atoms with van der Waals surface area (Å²) < 4.78 is 11.8. The van der Waals surface area contributed by atoms with E-state index in [0.717, 1.165) is 50.7 Å². The minimum Gasteiger partial charge on any atom is -0.494 e. The van der Waals surface area contributed by atoms with Gasteiger partial charge in [-0.25, -0.2) is 0 Å². The Kier molecular flexibility index (Phi) is 22.7. The molecule has 12 heteroatoms. The van der Waals surface area contributed by atoms with Crippen molar-refractivity contribution in [1.82, 2.24) is 0 Å². The Balaban J connectivity index is 1.67. The molecule has 0 saturated heterocycles. The van der Waals surface area contributed by atoms with E-state index in [4.69, 9.17) is 20.5 Å². The number of hydrogen-bond donors (Lipinski definition) is 0. The minimum atomic E-state index is -1.13. The fourth-order valence-electron chi connectivity index (χ4n) is 6.79. The van der Waals surface area contributed by atoms with Crippen LogP contribution >= 0.6 is 0 Å². The molecule has 3 aromatic carbocycles. The van der Waals surface area contributed by atoms with Crippen LogP contribution in [0.4, 0.5) is 0 Å². The van der Waals surface area contributed by atoms with Crippen LogP contribution in [0.25, 0.3) is 20.9 Å². The van der Waals surface area contributed by atoms with Crippen molar-refractivity contribution in [1.29, 1.82) is 0 Å². The van der Waals surface area contributed by atoms with Crippen molar-refractivity contribution in [3.05, 3.63) is 115 Å². The predicted molar refractivity (Wildman–Crippen MR) is 228 cm³/mol. The first-order chi connectivity index (χ1) is 28.3. The summed E-state index contributed by atoms with van der Waals surface area (Å²) in [6.45, 7) is 5.51.